The van der Waals surface area contributed by atoms with Gasteiger partial charge in [-0.2, -0.15) is 0 Å². The molecule has 3 rings (SSSR count). The Morgan fingerprint density at radius 1 is 1.18 bits per heavy atom. The molecule has 0 bridgehead atoms. The largest absolute Gasteiger partial charge is 0.486 e. The Morgan fingerprint density at radius 3 is 2.68 bits per heavy atom. The van der Waals surface area contributed by atoms with Crippen LogP contribution in [0.5, 0.6) is 11.5 Å². The molecule has 1 unspecified atom stereocenters. The summed E-state index contributed by atoms with van der Waals surface area (Å²) in [6.07, 6.45) is 2.05. The van der Waals surface area contributed by atoms with Crippen LogP contribution in [0.15, 0.2) is 45.9 Å². The topological polar surface area (TPSA) is 77.8 Å². The Labute approximate surface area is 129 Å². The number of nitrogens with one attached hydrogen (secondary N) is 1. The van der Waals surface area contributed by atoms with E-state index >= 15 is 0 Å². The van der Waals surface area contributed by atoms with E-state index in [1.807, 2.05) is 6.07 Å². The maximum absolute atomic E-state index is 12.4. The van der Waals surface area contributed by atoms with E-state index in [1.54, 1.807) is 25.3 Å². The van der Waals surface area contributed by atoms with Crippen molar-refractivity contribution < 1.29 is 22.3 Å². The van der Waals surface area contributed by atoms with E-state index in [2.05, 4.69) is 4.72 Å². The van der Waals surface area contributed by atoms with Crippen LogP contribution in [-0.4, -0.2) is 27.7 Å². The van der Waals surface area contributed by atoms with Crippen molar-refractivity contribution in [3.63, 3.8) is 0 Å². The van der Waals surface area contributed by atoms with Crippen LogP contribution in [0.25, 0.3) is 0 Å². The molecule has 118 valence electrons. The normalized spacial score (nSPS) is 15.5. The van der Waals surface area contributed by atoms with E-state index in [9.17, 15) is 8.42 Å². The van der Waals surface area contributed by atoms with Gasteiger partial charge in [-0.15, -0.1) is 0 Å². The van der Waals surface area contributed by atoms with Crippen LogP contribution in [0.1, 0.15) is 12.7 Å². The minimum atomic E-state index is -3.62. The lowest BCUT2D eigenvalue weighted by Gasteiger charge is -2.19. The van der Waals surface area contributed by atoms with Crippen molar-refractivity contribution in [2.75, 3.05) is 13.2 Å². The third-order valence-electron chi connectivity index (χ3n) is 3.27. The number of ether oxygens (including phenoxy) is 2. The molecule has 1 aliphatic rings. The number of hydrogen-bond donors (Lipinski definition) is 1. The summed E-state index contributed by atoms with van der Waals surface area (Å²) in [7, 11) is -3.62. The molecule has 2 heterocycles. The van der Waals surface area contributed by atoms with Gasteiger partial charge in [0.25, 0.3) is 0 Å². The van der Waals surface area contributed by atoms with Gasteiger partial charge in [0.15, 0.2) is 11.5 Å². The molecule has 1 aromatic carbocycles. The fraction of sp³-hybridized carbons (Fsp3) is 0.333. The first-order valence-corrected chi connectivity index (χ1v) is 8.47. The smallest absolute Gasteiger partial charge is 0.240 e. The van der Waals surface area contributed by atoms with Gasteiger partial charge in [0.1, 0.15) is 19.0 Å². The van der Waals surface area contributed by atoms with Crippen LogP contribution in [-0.2, 0) is 16.4 Å². The first-order chi connectivity index (χ1) is 10.5. The first-order valence-electron chi connectivity index (χ1n) is 6.99. The van der Waals surface area contributed by atoms with E-state index in [4.69, 9.17) is 13.9 Å². The Morgan fingerprint density at radius 2 is 1.95 bits per heavy atom. The summed E-state index contributed by atoms with van der Waals surface area (Å²) in [5.41, 5.74) is 0. The molecule has 2 aromatic rings. The standard InChI is InChI=1S/C15H17NO5S/c1-11(9-12-3-2-6-19-12)16-22(17,18)13-4-5-14-15(10-13)21-8-7-20-14/h2-6,10-11,16H,7-9H2,1H3. The van der Waals surface area contributed by atoms with E-state index in [1.165, 1.54) is 12.1 Å². The van der Waals surface area contributed by atoms with Crippen molar-refractivity contribution in [1.29, 1.82) is 0 Å². The van der Waals surface area contributed by atoms with Crippen LogP contribution in [0.3, 0.4) is 0 Å². The molecule has 0 spiro atoms. The summed E-state index contributed by atoms with van der Waals surface area (Å²) in [5.74, 6) is 1.75. The predicted octanol–water partition coefficient (Wildman–Crippen LogP) is 1.96. The quantitative estimate of drug-likeness (QED) is 0.910. The molecule has 0 aliphatic carbocycles. The van der Waals surface area contributed by atoms with Crippen molar-refractivity contribution >= 4 is 10.0 Å². The Hall–Kier alpha value is -1.99. The lowest BCUT2D eigenvalue weighted by molar-refractivity contribution is 0.171. The molecule has 0 saturated carbocycles. The molecular formula is C15H17NO5S. The molecule has 0 radical (unpaired) electrons. The van der Waals surface area contributed by atoms with Crippen LogP contribution < -0.4 is 14.2 Å². The van der Waals surface area contributed by atoms with Crippen molar-refractivity contribution in [2.24, 2.45) is 0 Å². The monoisotopic (exact) mass is 323 g/mol. The minimum Gasteiger partial charge on any atom is -0.486 e. The van der Waals surface area contributed by atoms with Gasteiger partial charge in [-0.3, -0.25) is 0 Å². The second-order valence-corrected chi connectivity index (χ2v) is 6.83. The molecule has 7 heteroatoms. The third kappa shape index (κ3) is 3.26. The number of furan rings is 1. The van der Waals surface area contributed by atoms with Gasteiger partial charge in [-0.05, 0) is 31.2 Å². The number of fused-ring (bicyclic) bond motifs is 1. The molecule has 1 aliphatic heterocycles. The average molecular weight is 323 g/mol. The van der Waals surface area contributed by atoms with Crippen molar-refractivity contribution in [2.45, 2.75) is 24.3 Å². The molecule has 0 fully saturated rings. The fourth-order valence-corrected chi connectivity index (χ4v) is 3.55. The highest BCUT2D eigenvalue weighted by Gasteiger charge is 2.21. The maximum atomic E-state index is 12.4. The lowest BCUT2D eigenvalue weighted by atomic mass is 10.2. The zero-order valence-corrected chi connectivity index (χ0v) is 12.9. The summed E-state index contributed by atoms with van der Waals surface area (Å²) in [6, 6.07) is 7.91. The van der Waals surface area contributed by atoms with Crippen molar-refractivity contribution in [3.8, 4) is 11.5 Å². The van der Waals surface area contributed by atoms with Crippen LogP contribution in [0.2, 0.25) is 0 Å². The predicted molar refractivity (Wildman–Crippen MR) is 79.6 cm³/mol. The van der Waals surface area contributed by atoms with Gasteiger partial charge >= 0.3 is 0 Å². The SMILES string of the molecule is CC(Cc1ccco1)NS(=O)(=O)c1ccc2c(c1)OCCO2. The summed E-state index contributed by atoms with van der Waals surface area (Å²) in [5, 5.41) is 0. The highest BCUT2D eigenvalue weighted by Crippen LogP contribution is 2.32. The van der Waals surface area contributed by atoms with E-state index in [0.29, 0.717) is 31.1 Å². The van der Waals surface area contributed by atoms with Gasteiger partial charge in [0.05, 0.1) is 11.2 Å². The molecule has 1 aromatic heterocycles. The van der Waals surface area contributed by atoms with Gasteiger partial charge in [0, 0.05) is 18.5 Å². The molecule has 1 atom stereocenters. The Balaban J connectivity index is 1.74. The van der Waals surface area contributed by atoms with Gasteiger partial charge in [0.2, 0.25) is 10.0 Å². The van der Waals surface area contributed by atoms with E-state index in [0.717, 1.165) is 5.76 Å². The summed E-state index contributed by atoms with van der Waals surface area (Å²) in [6.45, 7) is 2.68. The highest BCUT2D eigenvalue weighted by molar-refractivity contribution is 7.89. The first kappa shape index (κ1) is 14.9. The van der Waals surface area contributed by atoms with Gasteiger partial charge in [-0.1, -0.05) is 0 Å². The number of benzene rings is 1. The number of sulfonamides is 1. The van der Waals surface area contributed by atoms with E-state index in [-0.39, 0.29) is 10.9 Å². The molecule has 6 nitrogen and oxygen atoms in total. The lowest BCUT2D eigenvalue weighted by Crippen LogP contribution is -2.34. The number of hydrogen-bond acceptors (Lipinski definition) is 5. The zero-order chi connectivity index (χ0) is 15.6. The fourth-order valence-electron chi connectivity index (χ4n) is 2.30. The van der Waals surface area contributed by atoms with E-state index < -0.39 is 10.0 Å². The summed E-state index contributed by atoms with van der Waals surface area (Å²) >= 11 is 0. The molecular weight excluding hydrogens is 306 g/mol. The molecule has 0 saturated heterocycles. The second kappa shape index (κ2) is 6.02. The van der Waals surface area contributed by atoms with Crippen LogP contribution in [0.4, 0.5) is 0 Å². The molecule has 22 heavy (non-hydrogen) atoms. The van der Waals surface area contributed by atoms with Crippen LogP contribution in [0, 0.1) is 0 Å². The molecule has 0 amide bonds. The van der Waals surface area contributed by atoms with Crippen molar-refractivity contribution in [1.82, 2.24) is 4.72 Å². The molecule has 1 N–H and O–H groups in total. The van der Waals surface area contributed by atoms with Crippen LogP contribution >= 0.6 is 0 Å². The van der Waals surface area contributed by atoms with Gasteiger partial charge < -0.3 is 13.9 Å². The summed E-state index contributed by atoms with van der Waals surface area (Å²) in [4.78, 5) is 0.156. The second-order valence-electron chi connectivity index (χ2n) is 5.11. The minimum absolute atomic E-state index is 0.156. The third-order valence-corrected chi connectivity index (χ3v) is 4.85. The van der Waals surface area contributed by atoms with Gasteiger partial charge in [-0.25, -0.2) is 13.1 Å². The average Bonchev–Trinajstić information content (AvgIpc) is 2.99. The number of rotatable bonds is 5. The Kier molecular flexibility index (Phi) is 4.08. The van der Waals surface area contributed by atoms with Crippen molar-refractivity contribution in [3.05, 3.63) is 42.4 Å². The zero-order valence-electron chi connectivity index (χ0n) is 12.1. The summed E-state index contributed by atoms with van der Waals surface area (Å²) < 4.78 is 43.5. The maximum Gasteiger partial charge on any atom is 0.240 e. The highest BCUT2D eigenvalue weighted by atomic mass is 32.2. The Bertz CT molecular complexity index is 739.